The maximum atomic E-state index is 10.1. The van der Waals surface area contributed by atoms with Crippen molar-refractivity contribution in [1.29, 1.82) is 0 Å². The molecule has 1 aliphatic heterocycles. The second-order valence-corrected chi connectivity index (χ2v) is 6.04. The topological polar surface area (TPSA) is 32.7 Å². The summed E-state index contributed by atoms with van der Waals surface area (Å²) >= 11 is 0. The number of hydrogen-bond acceptors (Lipinski definition) is 3. The number of methoxy groups -OCH3 is 1. The highest BCUT2D eigenvalue weighted by Crippen LogP contribution is 2.46. The fourth-order valence-electron chi connectivity index (χ4n) is 3.77. The summed E-state index contributed by atoms with van der Waals surface area (Å²) in [6, 6.07) is 10.5. The largest absolute Gasteiger partial charge is 0.508 e. The van der Waals surface area contributed by atoms with E-state index < -0.39 is 0 Å². The Kier molecular flexibility index (Phi) is 2.73. The van der Waals surface area contributed by atoms with E-state index in [1.54, 1.807) is 7.11 Å². The zero-order chi connectivity index (χ0) is 14.6. The predicted molar refractivity (Wildman–Crippen MR) is 82.9 cm³/mol. The molecule has 0 fully saturated rings. The van der Waals surface area contributed by atoms with Crippen LogP contribution in [-0.2, 0) is 12.8 Å². The lowest BCUT2D eigenvalue weighted by molar-refractivity contribution is 0.228. The van der Waals surface area contributed by atoms with Gasteiger partial charge >= 0.3 is 0 Å². The van der Waals surface area contributed by atoms with Gasteiger partial charge in [0.2, 0.25) is 0 Å². The van der Waals surface area contributed by atoms with Gasteiger partial charge in [0.05, 0.1) is 7.11 Å². The van der Waals surface area contributed by atoms with Crippen LogP contribution >= 0.6 is 0 Å². The van der Waals surface area contributed by atoms with E-state index in [0.29, 0.717) is 11.8 Å². The molecular formula is C18H19NO2. The van der Waals surface area contributed by atoms with Crippen LogP contribution in [0, 0.1) is 0 Å². The van der Waals surface area contributed by atoms with E-state index in [9.17, 15) is 5.11 Å². The molecule has 2 aromatic carbocycles. The van der Waals surface area contributed by atoms with Crippen molar-refractivity contribution in [2.24, 2.45) is 0 Å². The molecule has 1 atom stereocenters. The molecule has 4 rings (SSSR count). The number of ether oxygens (including phenoxy) is 1. The standard InChI is InChI=1S/C18H19NO2/c1-19-6-5-12-7-13(20)9-16-15-10-14(21-2)4-3-11(15)8-17(19)18(12)16/h3-4,7,9-10,17,20H,5-6,8H2,1-2H3/t17-/m0/s1. The fourth-order valence-corrected chi connectivity index (χ4v) is 3.77. The van der Waals surface area contributed by atoms with Gasteiger partial charge in [-0.25, -0.2) is 0 Å². The first kappa shape index (κ1) is 12.7. The minimum Gasteiger partial charge on any atom is -0.508 e. The van der Waals surface area contributed by atoms with Crippen LogP contribution in [0.1, 0.15) is 22.7 Å². The molecule has 1 aliphatic carbocycles. The number of benzene rings is 2. The van der Waals surface area contributed by atoms with Crippen LogP contribution in [0.25, 0.3) is 11.1 Å². The predicted octanol–water partition coefficient (Wildman–Crippen LogP) is 3.15. The Balaban J connectivity index is 2.00. The van der Waals surface area contributed by atoms with E-state index in [-0.39, 0.29) is 0 Å². The summed E-state index contributed by atoms with van der Waals surface area (Å²) in [6.45, 7) is 1.05. The van der Waals surface area contributed by atoms with E-state index >= 15 is 0 Å². The summed E-state index contributed by atoms with van der Waals surface area (Å²) < 4.78 is 5.37. The Hall–Kier alpha value is -2.00. The van der Waals surface area contributed by atoms with Gasteiger partial charge in [-0.3, -0.25) is 4.90 Å². The van der Waals surface area contributed by atoms with Gasteiger partial charge in [-0.15, -0.1) is 0 Å². The van der Waals surface area contributed by atoms with E-state index in [4.69, 9.17) is 4.74 Å². The summed E-state index contributed by atoms with van der Waals surface area (Å²) in [5.41, 5.74) is 6.39. The molecule has 3 heteroatoms. The van der Waals surface area contributed by atoms with Gasteiger partial charge in [-0.1, -0.05) is 6.07 Å². The molecule has 0 saturated heterocycles. The summed E-state index contributed by atoms with van der Waals surface area (Å²) in [4.78, 5) is 2.43. The Labute approximate surface area is 124 Å². The number of phenolic OH excluding ortho intramolecular Hbond substituents is 1. The third-order valence-electron chi connectivity index (χ3n) is 4.87. The van der Waals surface area contributed by atoms with Gasteiger partial charge in [-0.05, 0) is 72.0 Å². The van der Waals surface area contributed by atoms with Crippen LogP contribution in [0.2, 0.25) is 0 Å². The molecule has 1 N–H and O–H groups in total. The normalized spacial score (nSPS) is 19.8. The summed E-state index contributed by atoms with van der Waals surface area (Å²) in [5, 5.41) is 10.1. The average Bonchev–Trinajstić information content (AvgIpc) is 2.50. The van der Waals surface area contributed by atoms with Gasteiger partial charge < -0.3 is 9.84 Å². The Morgan fingerprint density at radius 1 is 1.14 bits per heavy atom. The molecule has 3 nitrogen and oxygen atoms in total. The van der Waals surface area contributed by atoms with E-state index in [2.05, 4.69) is 24.1 Å². The highest BCUT2D eigenvalue weighted by molar-refractivity contribution is 5.78. The zero-order valence-electron chi connectivity index (χ0n) is 12.4. The molecule has 0 spiro atoms. The molecule has 0 aromatic heterocycles. The van der Waals surface area contributed by atoms with Gasteiger partial charge in [0.25, 0.3) is 0 Å². The highest BCUT2D eigenvalue weighted by atomic mass is 16.5. The van der Waals surface area contributed by atoms with E-state index in [0.717, 1.165) is 25.1 Å². The van der Waals surface area contributed by atoms with Crippen molar-refractivity contribution >= 4 is 0 Å². The van der Waals surface area contributed by atoms with Crippen LogP contribution in [0.3, 0.4) is 0 Å². The lowest BCUT2D eigenvalue weighted by Gasteiger charge is -2.39. The summed E-state index contributed by atoms with van der Waals surface area (Å²) in [7, 11) is 3.89. The number of aromatic hydroxyl groups is 1. The number of likely N-dealkylation sites (N-methyl/N-ethyl adjacent to an activating group) is 1. The summed E-state index contributed by atoms with van der Waals surface area (Å²) in [6.07, 6.45) is 2.03. The molecule has 108 valence electrons. The Morgan fingerprint density at radius 3 is 2.81 bits per heavy atom. The molecule has 21 heavy (non-hydrogen) atoms. The second-order valence-electron chi connectivity index (χ2n) is 6.04. The molecule has 2 aliphatic rings. The molecule has 0 unspecified atom stereocenters. The maximum absolute atomic E-state index is 10.1. The van der Waals surface area contributed by atoms with Crippen molar-refractivity contribution in [3.8, 4) is 22.6 Å². The second kappa shape index (κ2) is 4.50. The summed E-state index contributed by atoms with van der Waals surface area (Å²) in [5.74, 6) is 1.23. The number of nitrogens with zero attached hydrogens (tertiary/aromatic N) is 1. The molecule has 1 heterocycles. The van der Waals surface area contributed by atoms with E-state index in [1.807, 2.05) is 18.2 Å². The van der Waals surface area contributed by atoms with Crippen LogP contribution < -0.4 is 4.74 Å². The number of rotatable bonds is 1. The van der Waals surface area contributed by atoms with Gasteiger partial charge in [0.1, 0.15) is 11.5 Å². The Bertz CT molecular complexity index is 723. The van der Waals surface area contributed by atoms with Gasteiger partial charge in [-0.2, -0.15) is 0 Å². The SMILES string of the molecule is COc1ccc2c(c1)-c1cc(O)cc3c1[C@H](C2)N(C)CC3. The van der Waals surface area contributed by atoms with Crippen LogP contribution in [0.4, 0.5) is 0 Å². The van der Waals surface area contributed by atoms with Crippen LogP contribution in [0.15, 0.2) is 30.3 Å². The Morgan fingerprint density at radius 2 is 2.00 bits per heavy atom. The lowest BCUT2D eigenvalue weighted by Crippen LogP contribution is -2.35. The van der Waals surface area contributed by atoms with Gasteiger partial charge in [0, 0.05) is 12.6 Å². The first-order valence-corrected chi connectivity index (χ1v) is 7.40. The van der Waals surface area contributed by atoms with E-state index in [1.165, 1.54) is 27.8 Å². The third-order valence-corrected chi connectivity index (χ3v) is 4.87. The lowest BCUT2D eigenvalue weighted by atomic mass is 9.77. The fraction of sp³-hybridized carbons (Fsp3) is 0.333. The monoisotopic (exact) mass is 281 g/mol. The minimum absolute atomic E-state index is 0.364. The number of phenols is 1. The van der Waals surface area contributed by atoms with Crippen molar-refractivity contribution in [2.75, 3.05) is 20.7 Å². The quantitative estimate of drug-likeness (QED) is 0.871. The van der Waals surface area contributed by atoms with Crippen molar-refractivity contribution in [1.82, 2.24) is 4.90 Å². The smallest absolute Gasteiger partial charge is 0.119 e. The molecule has 2 aromatic rings. The highest BCUT2D eigenvalue weighted by Gasteiger charge is 2.33. The average molecular weight is 281 g/mol. The first-order valence-electron chi connectivity index (χ1n) is 7.40. The molecule has 0 amide bonds. The molecule has 0 saturated carbocycles. The third kappa shape index (κ3) is 1.84. The van der Waals surface area contributed by atoms with Gasteiger partial charge in [0.15, 0.2) is 0 Å². The zero-order valence-corrected chi connectivity index (χ0v) is 12.4. The van der Waals surface area contributed by atoms with Crippen molar-refractivity contribution in [3.63, 3.8) is 0 Å². The number of hydrogen-bond donors (Lipinski definition) is 1. The number of fused-ring (bicyclic) bond motifs is 2. The van der Waals surface area contributed by atoms with Crippen LogP contribution in [0.5, 0.6) is 11.5 Å². The van der Waals surface area contributed by atoms with Crippen LogP contribution in [-0.4, -0.2) is 30.7 Å². The first-order chi connectivity index (χ1) is 10.2. The molecule has 0 bridgehead atoms. The minimum atomic E-state index is 0.364. The molecular weight excluding hydrogens is 262 g/mol. The van der Waals surface area contributed by atoms with Crippen molar-refractivity contribution < 1.29 is 9.84 Å². The van der Waals surface area contributed by atoms with Crippen molar-refractivity contribution in [3.05, 3.63) is 47.0 Å². The maximum Gasteiger partial charge on any atom is 0.119 e. The van der Waals surface area contributed by atoms with Crippen molar-refractivity contribution in [2.45, 2.75) is 18.9 Å². The molecule has 0 radical (unpaired) electrons.